The molecule has 0 bridgehead atoms. The van der Waals surface area contributed by atoms with E-state index in [0.717, 1.165) is 38.5 Å². The van der Waals surface area contributed by atoms with E-state index in [1.165, 1.54) is 161 Å². The fourth-order valence-corrected chi connectivity index (χ4v) is 6.06. The van der Waals surface area contributed by atoms with Crippen molar-refractivity contribution in [1.29, 1.82) is 0 Å². The molecule has 1 N–H and O–H groups in total. The lowest BCUT2D eigenvalue weighted by molar-refractivity contribution is -0.150. The molecule has 0 radical (unpaired) electrons. The number of rotatable bonds is 36. The van der Waals surface area contributed by atoms with Gasteiger partial charge in [0.25, 0.3) is 0 Å². The normalized spacial score (nSPS) is 12.2. The Balaban J connectivity index is 3.87. The van der Waals surface area contributed by atoms with Crippen LogP contribution in [0.5, 0.6) is 0 Å². The van der Waals surface area contributed by atoms with E-state index in [9.17, 15) is 9.59 Å². The van der Waals surface area contributed by atoms with E-state index in [1.54, 1.807) is 0 Å². The summed E-state index contributed by atoms with van der Waals surface area (Å²) in [6.45, 7) is 4.53. The zero-order valence-corrected chi connectivity index (χ0v) is 29.7. The molecule has 0 heterocycles. The van der Waals surface area contributed by atoms with Crippen molar-refractivity contribution in [1.82, 2.24) is 0 Å². The van der Waals surface area contributed by atoms with Crippen LogP contribution in [0, 0.1) is 0 Å². The minimum Gasteiger partial charge on any atom is -0.481 e. The first-order chi connectivity index (χ1) is 21.6. The molecule has 260 valence electrons. The van der Waals surface area contributed by atoms with E-state index in [1.807, 2.05) is 0 Å². The van der Waals surface area contributed by atoms with E-state index in [2.05, 4.69) is 26.0 Å². The number of hydrogen-bond acceptors (Lipinski definition) is 3. The smallest absolute Gasteiger partial charge is 0.306 e. The third kappa shape index (κ3) is 35.2. The van der Waals surface area contributed by atoms with E-state index < -0.39 is 5.97 Å². The first-order valence-corrected chi connectivity index (χ1v) is 19.7. The summed E-state index contributed by atoms with van der Waals surface area (Å²) in [5.41, 5.74) is 0. The topological polar surface area (TPSA) is 63.6 Å². The Morgan fingerprint density at radius 3 is 1.23 bits per heavy atom. The monoisotopic (exact) mass is 621 g/mol. The SMILES string of the molecule is CCCCCCCC/C=C\CCCCCCCC(=O)OC(CCCCCCC)CCCCCCCCCCCCCC(=O)O. The molecular formula is C40H76O4. The van der Waals surface area contributed by atoms with Crippen molar-refractivity contribution in [3.63, 3.8) is 0 Å². The molecule has 0 aromatic rings. The van der Waals surface area contributed by atoms with E-state index in [4.69, 9.17) is 9.84 Å². The zero-order valence-electron chi connectivity index (χ0n) is 29.7. The molecule has 1 unspecified atom stereocenters. The number of carboxylic acid groups (broad SMARTS) is 1. The molecule has 44 heavy (non-hydrogen) atoms. The molecule has 4 nitrogen and oxygen atoms in total. The molecule has 0 aromatic heterocycles. The van der Waals surface area contributed by atoms with Crippen molar-refractivity contribution < 1.29 is 19.4 Å². The van der Waals surface area contributed by atoms with E-state index in [0.29, 0.717) is 12.8 Å². The van der Waals surface area contributed by atoms with Gasteiger partial charge in [-0.2, -0.15) is 0 Å². The van der Waals surface area contributed by atoms with Gasteiger partial charge in [-0.05, 0) is 64.2 Å². The van der Waals surface area contributed by atoms with Crippen molar-refractivity contribution in [3.05, 3.63) is 12.2 Å². The molecule has 0 aromatic carbocycles. The fourth-order valence-electron chi connectivity index (χ4n) is 6.06. The maximum absolute atomic E-state index is 12.6. The molecule has 0 spiro atoms. The van der Waals surface area contributed by atoms with Crippen LogP contribution in [0.1, 0.15) is 226 Å². The number of hydrogen-bond donors (Lipinski definition) is 1. The Kier molecular flexibility index (Phi) is 35.1. The maximum atomic E-state index is 12.6. The summed E-state index contributed by atoms with van der Waals surface area (Å²) in [5, 5.41) is 8.69. The molecular weight excluding hydrogens is 544 g/mol. The molecule has 4 heteroatoms. The van der Waals surface area contributed by atoms with Gasteiger partial charge < -0.3 is 9.84 Å². The van der Waals surface area contributed by atoms with Crippen molar-refractivity contribution in [2.75, 3.05) is 0 Å². The lowest BCUT2D eigenvalue weighted by Gasteiger charge is -2.18. The lowest BCUT2D eigenvalue weighted by Crippen LogP contribution is -2.18. The van der Waals surface area contributed by atoms with E-state index in [-0.39, 0.29) is 12.1 Å². The van der Waals surface area contributed by atoms with Crippen LogP contribution in [-0.2, 0) is 14.3 Å². The standard InChI is InChI=1S/C40H76O4/c1-3-5-7-9-10-11-12-13-14-15-19-22-25-29-33-37-40(43)44-38(34-30-26-8-6-4-2)35-31-27-23-20-17-16-18-21-24-28-32-36-39(41)42/h13-14,38H,3-12,15-37H2,1-2H3,(H,41,42)/b14-13-. The number of carboxylic acids is 1. The molecule has 0 saturated carbocycles. The van der Waals surface area contributed by atoms with Crippen LogP contribution in [0.4, 0.5) is 0 Å². The van der Waals surface area contributed by atoms with Gasteiger partial charge in [0.2, 0.25) is 0 Å². The summed E-state index contributed by atoms with van der Waals surface area (Å²) in [4.78, 5) is 23.2. The highest BCUT2D eigenvalue weighted by Crippen LogP contribution is 2.19. The van der Waals surface area contributed by atoms with Crippen molar-refractivity contribution >= 4 is 11.9 Å². The second-order valence-electron chi connectivity index (χ2n) is 13.5. The van der Waals surface area contributed by atoms with Gasteiger partial charge in [0.15, 0.2) is 0 Å². The third-order valence-corrected chi connectivity index (χ3v) is 8.99. The predicted molar refractivity (Wildman–Crippen MR) is 190 cm³/mol. The fraction of sp³-hybridized carbons (Fsp3) is 0.900. The molecule has 1 atom stereocenters. The maximum Gasteiger partial charge on any atom is 0.306 e. The Labute approximate surface area is 275 Å². The molecule has 0 aliphatic rings. The van der Waals surface area contributed by atoms with Crippen LogP contribution in [0.2, 0.25) is 0 Å². The highest BCUT2D eigenvalue weighted by molar-refractivity contribution is 5.69. The Hall–Kier alpha value is -1.32. The largest absolute Gasteiger partial charge is 0.481 e. The van der Waals surface area contributed by atoms with Crippen molar-refractivity contribution in [2.24, 2.45) is 0 Å². The van der Waals surface area contributed by atoms with Gasteiger partial charge in [-0.15, -0.1) is 0 Å². The second-order valence-corrected chi connectivity index (χ2v) is 13.5. The first kappa shape index (κ1) is 42.7. The number of ether oxygens (including phenoxy) is 1. The summed E-state index contributed by atoms with van der Waals surface area (Å²) in [6.07, 6.45) is 43.9. The highest BCUT2D eigenvalue weighted by atomic mass is 16.5. The summed E-state index contributed by atoms with van der Waals surface area (Å²) < 4.78 is 6.01. The summed E-state index contributed by atoms with van der Waals surface area (Å²) in [5.74, 6) is -0.639. The average Bonchev–Trinajstić information content (AvgIpc) is 3.00. The molecule has 0 aliphatic heterocycles. The third-order valence-electron chi connectivity index (χ3n) is 8.99. The first-order valence-electron chi connectivity index (χ1n) is 19.7. The Morgan fingerprint density at radius 1 is 0.477 bits per heavy atom. The number of aliphatic carboxylic acids is 1. The quantitative estimate of drug-likeness (QED) is 0.0430. The number of unbranched alkanes of at least 4 members (excludes halogenated alkanes) is 25. The Morgan fingerprint density at radius 2 is 0.818 bits per heavy atom. The molecule has 0 amide bonds. The Bertz CT molecular complexity index is 629. The van der Waals surface area contributed by atoms with Crippen LogP contribution in [0.3, 0.4) is 0 Å². The van der Waals surface area contributed by atoms with Gasteiger partial charge in [0.1, 0.15) is 6.10 Å². The van der Waals surface area contributed by atoms with Crippen LogP contribution in [0.25, 0.3) is 0 Å². The van der Waals surface area contributed by atoms with Crippen LogP contribution < -0.4 is 0 Å². The van der Waals surface area contributed by atoms with E-state index >= 15 is 0 Å². The number of allylic oxidation sites excluding steroid dienone is 2. The lowest BCUT2D eigenvalue weighted by atomic mass is 10.0. The number of carbonyl (C=O) groups is 2. The van der Waals surface area contributed by atoms with Gasteiger partial charge in [0.05, 0.1) is 0 Å². The van der Waals surface area contributed by atoms with Gasteiger partial charge in [-0.1, -0.05) is 161 Å². The van der Waals surface area contributed by atoms with Crippen molar-refractivity contribution in [2.45, 2.75) is 232 Å². The van der Waals surface area contributed by atoms with Crippen LogP contribution >= 0.6 is 0 Å². The molecule has 0 rings (SSSR count). The van der Waals surface area contributed by atoms with Gasteiger partial charge >= 0.3 is 11.9 Å². The average molecular weight is 621 g/mol. The van der Waals surface area contributed by atoms with Crippen molar-refractivity contribution in [3.8, 4) is 0 Å². The minimum absolute atomic E-state index is 0.0316. The molecule has 0 fully saturated rings. The zero-order chi connectivity index (χ0) is 32.2. The van der Waals surface area contributed by atoms with Gasteiger partial charge in [0, 0.05) is 12.8 Å². The number of carbonyl (C=O) groups excluding carboxylic acids is 1. The second kappa shape index (κ2) is 36.2. The summed E-state index contributed by atoms with van der Waals surface area (Å²) >= 11 is 0. The van der Waals surface area contributed by atoms with Crippen LogP contribution in [0.15, 0.2) is 12.2 Å². The highest BCUT2D eigenvalue weighted by Gasteiger charge is 2.14. The molecule has 0 aliphatic carbocycles. The molecule has 0 saturated heterocycles. The number of esters is 1. The summed E-state index contributed by atoms with van der Waals surface area (Å²) in [6, 6.07) is 0. The van der Waals surface area contributed by atoms with Gasteiger partial charge in [-0.3, -0.25) is 9.59 Å². The minimum atomic E-state index is -0.671. The van der Waals surface area contributed by atoms with Gasteiger partial charge in [-0.25, -0.2) is 0 Å². The summed E-state index contributed by atoms with van der Waals surface area (Å²) in [7, 11) is 0. The predicted octanol–water partition coefficient (Wildman–Crippen LogP) is 13.5. The van der Waals surface area contributed by atoms with Crippen LogP contribution in [-0.4, -0.2) is 23.1 Å².